The van der Waals surface area contributed by atoms with Crippen molar-refractivity contribution in [3.8, 4) is 0 Å². The van der Waals surface area contributed by atoms with Crippen molar-refractivity contribution in [2.45, 2.75) is 44.9 Å². The zero-order valence-corrected chi connectivity index (χ0v) is 13.3. The van der Waals surface area contributed by atoms with E-state index in [1.165, 1.54) is 17.2 Å². The lowest BCUT2D eigenvalue weighted by atomic mass is 10.0. The van der Waals surface area contributed by atoms with E-state index < -0.39 is 23.5 Å². The molecule has 1 saturated heterocycles. The van der Waals surface area contributed by atoms with Crippen LogP contribution in [0.25, 0.3) is 0 Å². The van der Waals surface area contributed by atoms with Gasteiger partial charge in [0.05, 0.1) is 17.9 Å². The molecule has 0 unspecified atom stereocenters. The molecule has 0 saturated carbocycles. The Hall–Kier alpha value is -1.99. The number of anilines is 1. The summed E-state index contributed by atoms with van der Waals surface area (Å²) in [4.78, 5) is 18.2. The molecule has 0 bridgehead atoms. The molecule has 0 aromatic carbocycles. The Labute approximate surface area is 132 Å². The van der Waals surface area contributed by atoms with Crippen LogP contribution >= 0.6 is 0 Å². The van der Waals surface area contributed by atoms with Crippen LogP contribution < -0.4 is 4.90 Å². The maximum absolute atomic E-state index is 12.5. The fourth-order valence-corrected chi connectivity index (χ4v) is 2.92. The molecule has 1 aromatic heterocycles. The van der Waals surface area contributed by atoms with Crippen molar-refractivity contribution in [3.63, 3.8) is 0 Å². The molecule has 0 spiro atoms. The van der Waals surface area contributed by atoms with Crippen LogP contribution in [-0.4, -0.2) is 45.8 Å². The van der Waals surface area contributed by atoms with Gasteiger partial charge in [-0.25, -0.2) is 9.78 Å². The SMILES string of the molecule is CC(C)(C)N(C(=O)O)[C@H]1CCN(c2ccc(C(F)(F)F)nc2)C1. The van der Waals surface area contributed by atoms with E-state index in [1.807, 2.05) is 25.7 Å². The van der Waals surface area contributed by atoms with Crippen LogP contribution in [0.3, 0.4) is 0 Å². The van der Waals surface area contributed by atoms with Gasteiger partial charge >= 0.3 is 12.3 Å². The molecule has 1 atom stereocenters. The van der Waals surface area contributed by atoms with Crippen molar-refractivity contribution in [2.75, 3.05) is 18.0 Å². The van der Waals surface area contributed by atoms with Crippen LogP contribution in [0.5, 0.6) is 0 Å². The number of rotatable bonds is 2. The summed E-state index contributed by atoms with van der Waals surface area (Å²) >= 11 is 0. The van der Waals surface area contributed by atoms with E-state index >= 15 is 0 Å². The second-order valence-electron chi connectivity index (χ2n) is 6.61. The first kappa shape index (κ1) is 17.4. The molecular formula is C15H20F3N3O2. The molecule has 5 nitrogen and oxygen atoms in total. The zero-order valence-electron chi connectivity index (χ0n) is 13.3. The van der Waals surface area contributed by atoms with Crippen LogP contribution in [0.4, 0.5) is 23.7 Å². The predicted octanol–water partition coefficient (Wildman–Crippen LogP) is 3.46. The number of hydrogen-bond acceptors (Lipinski definition) is 3. The number of carboxylic acid groups (broad SMARTS) is 1. The third kappa shape index (κ3) is 3.86. The smallest absolute Gasteiger partial charge is 0.433 e. The van der Waals surface area contributed by atoms with Gasteiger partial charge < -0.3 is 10.0 Å². The molecule has 0 radical (unpaired) electrons. The van der Waals surface area contributed by atoms with Gasteiger partial charge in [-0.05, 0) is 39.3 Å². The first-order valence-electron chi connectivity index (χ1n) is 7.30. The van der Waals surface area contributed by atoms with E-state index in [-0.39, 0.29) is 6.04 Å². The maximum atomic E-state index is 12.5. The van der Waals surface area contributed by atoms with Crippen molar-refractivity contribution in [1.29, 1.82) is 0 Å². The molecule has 2 rings (SSSR count). The number of hydrogen-bond donors (Lipinski definition) is 1. The molecule has 0 aliphatic carbocycles. The topological polar surface area (TPSA) is 56.7 Å². The Morgan fingerprint density at radius 2 is 2.00 bits per heavy atom. The van der Waals surface area contributed by atoms with Gasteiger partial charge in [0.15, 0.2) is 0 Å². The van der Waals surface area contributed by atoms with E-state index in [4.69, 9.17) is 0 Å². The van der Waals surface area contributed by atoms with Gasteiger partial charge in [-0.2, -0.15) is 13.2 Å². The number of pyridine rings is 1. The normalized spacial score (nSPS) is 19.0. The summed E-state index contributed by atoms with van der Waals surface area (Å²) in [5.74, 6) is 0. The molecule has 23 heavy (non-hydrogen) atoms. The van der Waals surface area contributed by atoms with E-state index in [0.717, 1.165) is 6.07 Å². The van der Waals surface area contributed by atoms with E-state index in [2.05, 4.69) is 4.98 Å². The molecular weight excluding hydrogens is 311 g/mol. The summed E-state index contributed by atoms with van der Waals surface area (Å²) in [6.45, 7) is 6.49. The molecule has 1 aliphatic heterocycles. The second-order valence-corrected chi connectivity index (χ2v) is 6.61. The first-order valence-corrected chi connectivity index (χ1v) is 7.30. The van der Waals surface area contributed by atoms with Gasteiger partial charge in [0.2, 0.25) is 0 Å². The molecule has 1 amide bonds. The molecule has 1 fully saturated rings. The Morgan fingerprint density at radius 3 is 2.43 bits per heavy atom. The lowest BCUT2D eigenvalue weighted by Crippen LogP contribution is -2.52. The molecule has 1 N–H and O–H groups in total. The highest BCUT2D eigenvalue weighted by atomic mass is 19.4. The van der Waals surface area contributed by atoms with Crippen LogP contribution in [-0.2, 0) is 6.18 Å². The van der Waals surface area contributed by atoms with Crippen LogP contribution in [0.15, 0.2) is 18.3 Å². The van der Waals surface area contributed by atoms with Gasteiger partial charge in [-0.15, -0.1) is 0 Å². The molecule has 2 heterocycles. The van der Waals surface area contributed by atoms with Crippen LogP contribution in [0, 0.1) is 0 Å². The first-order chi connectivity index (χ1) is 10.5. The standard InChI is InChI=1S/C15H20F3N3O2/c1-14(2,3)21(13(22)23)11-6-7-20(9-11)10-4-5-12(19-8-10)15(16,17)18/h4-5,8,11H,6-7,9H2,1-3H3,(H,22,23)/t11-/m0/s1. The predicted molar refractivity (Wildman–Crippen MR) is 79.5 cm³/mol. The minimum atomic E-state index is -4.46. The van der Waals surface area contributed by atoms with Crippen molar-refractivity contribution in [1.82, 2.24) is 9.88 Å². The lowest BCUT2D eigenvalue weighted by Gasteiger charge is -2.38. The van der Waals surface area contributed by atoms with Crippen molar-refractivity contribution < 1.29 is 23.1 Å². The highest BCUT2D eigenvalue weighted by Gasteiger charge is 2.37. The Balaban J connectivity index is 2.12. The van der Waals surface area contributed by atoms with Gasteiger partial charge in [0.25, 0.3) is 0 Å². The number of amides is 1. The van der Waals surface area contributed by atoms with Gasteiger partial charge in [0, 0.05) is 18.6 Å². The summed E-state index contributed by atoms with van der Waals surface area (Å²) in [5.41, 5.74) is -0.899. The number of nitrogens with zero attached hydrogens (tertiary/aromatic N) is 3. The second kappa shape index (κ2) is 5.90. The monoisotopic (exact) mass is 331 g/mol. The number of aromatic nitrogens is 1. The zero-order chi connectivity index (χ0) is 17.4. The van der Waals surface area contributed by atoms with E-state index in [9.17, 15) is 23.1 Å². The fourth-order valence-electron chi connectivity index (χ4n) is 2.92. The minimum Gasteiger partial charge on any atom is -0.465 e. The Morgan fingerprint density at radius 1 is 1.35 bits per heavy atom. The average Bonchev–Trinajstić information content (AvgIpc) is 2.85. The summed E-state index contributed by atoms with van der Waals surface area (Å²) < 4.78 is 37.6. The minimum absolute atomic E-state index is 0.199. The van der Waals surface area contributed by atoms with Crippen LogP contribution in [0.2, 0.25) is 0 Å². The Kier molecular flexibility index (Phi) is 4.45. The van der Waals surface area contributed by atoms with Crippen molar-refractivity contribution in [2.24, 2.45) is 0 Å². The van der Waals surface area contributed by atoms with Gasteiger partial charge in [-0.1, -0.05) is 0 Å². The average molecular weight is 331 g/mol. The molecule has 128 valence electrons. The van der Waals surface area contributed by atoms with Gasteiger partial charge in [-0.3, -0.25) is 4.90 Å². The lowest BCUT2D eigenvalue weighted by molar-refractivity contribution is -0.141. The third-order valence-electron chi connectivity index (χ3n) is 3.86. The fraction of sp³-hybridized carbons (Fsp3) is 0.600. The summed E-state index contributed by atoms with van der Waals surface area (Å²) in [6.07, 6.45) is -3.63. The summed E-state index contributed by atoms with van der Waals surface area (Å²) in [5, 5.41) is 9.42. The summed E-state index contributed by atoms with van der Waals surface area (Å²) in [6, 6.07) is 2.12. The highest BCUT2D eigenvalue weighted by Crippen LogP contribution is 2.30. The quantitative estimate of drug-likeness (QED) is 0.902. The van der Waals surface area contributed by atoms with E-state index in [1.54, 1.807) is 0 Å². The molecule has 8 heteroatoms. The number of carbonyl (C=O) groups is 1. The Bertz CT molecular complexity index is 567. The molecule has 1 aliphatic rings. The molecule has 1 aromatic rings. The van der Waals surface area contributed by atoms with Gasteiger partial charge in [0.1, 0.15) is 5.69 Å². The number of alkyl halides is 3. The van der Waals surface area contributed by atoms with Crippen molar-refractivity contribution in [3.05, 3.63) is 24.0 Å². The summed E-state index contributed by atoms with van der Waals surface area (Å²) in [7, 11) is 0. The van der Waals surface area contributed by atoms with E-state index in [0.29, 0.717) is 25.2 Å². The largest absolute Gasteiger partial charge is 0.465 e. The maximum Gasteiger partial charge on any atom is 0.433 e. The third-order valence-corrected chi connectivity index (χ3v) is 3.86. The number of halogens is 3. The highest BCUT2D eigenvalue weighted by molar-refractivity contribution is 5.67. The van der Waals surface area contributed by atoms with Crippen molar-refractivity contribution >= 4 is 11.8 Å². The van der Waals surface area contributed by atoms with Crippen LogP contribution in [0.1, 0.15) is 32.9 Å².